The van der Waals surface area contributed by atoms with Crippen molar-refractivity contribution < 1.29 is 4.74 Å². The van der Waals surface area contributed by atoms with E-state index in [9.17, 15) is 0 Å². The molecule has 1 aromatic carbocycles. The lowest BCUT2D eigenvalue weighted by molar-refractivity contribution is 0.410. The number of rotatable bonds is 1. The van der Waals surface area contributed by atoms with Crippen molar-refractivity contribution >= 4 is 12.6 Å². The molecule has 0 aliphatic carbocycles. The van der Waals surface area contributed by atoms with Crippen LogP contribution in [0, 0.1) is 6.92 Å². The second-order valence-electron chi connectivity index (χ2n) is 2.13. The Morgan fingerprint density at radius 3 is 2.60 bits per heavy atom. The van der Waals surface area contributed by atoms with E-state index in [0.29, 0.717) is 0 Å². The molecule has 0 saturated carbocycles. The van der Waals surface area contributed by atoms with Gasteiger partial charge < -0.3 is 4.74 Å². The minimum atomic E-state index is 0.822. The van der Waals surface area contributed by atoms with Crippen molar-refractivity contribution in [2.24, 2.45) is 0 Å². The van der Waals surface area contributed by atoms with Gasteiger partial charge in [0, 0.05) is 4.90 Å². The quantitative estimate of drug-likeness (QED) is 0.602. The third kappa shape index (κ3) is 1.39. The molecule has 0 atom stereocenters. The molecule has 0 spiro atoms. The monoisotopic (exact) mass is 153 g/mol. The van der Waals surface area contributed by atoms with Gasteiger partial charge in [-0.2, -0.15) is 0 Å². The van der Waals surface area contributed by atoms with E-state index in [0.717, 1.165) is 16.2 Å². The molecule has 0 amide bonds. The lowest BCUT2D eigenvalue weighted by Gasteiger charge is -2.02. The first-order valence-corrected chi connectivity index (χ1v) is 3.46. The van der Waals surface area contributed by atoms with Crippen LogP contribution in [0.4, 0.5) is 0 Å². The fourth-order valence-corrected chi connectivity index (χ4v) is 0.975. The Morgan fingerprint density at radius 2 is 2.10 bits per heavy atom. The first-order chi connectivity index (χ1) is 4.74. The van der Waals surface area contributed by atoms with E-state index in [-0.39, 0.29) is 0 Å². The molecule has 0 bridgehead atoms. The van der Waals surface area contributed by atoms with Gasteiger partial charge in [-0.25, -0.2) is 0 Å². The molecule has 0 fully saturated rings. The minimum absolute atomic E-state index is 0.822. The van der Waals surface area contributed by atoms with E-state index in [1.54, 1.807) is 7.11 Å². The van der Waals surface area contributed by atoms with Crippen molar-refractivity contribution in [1.82, 2.24) is 0 Å². The zero-order chi connectivity index (χ0) is 7.56. The van der Waals surface area contributed by atoms with Crippen LogP contribution < -0.4 is 4.74 Å². The highest BCUT2D eigenvalue weighted by molar-refractivity contribution is 7.80. The van der Waals surface area contributed by atoms with Gasteiger partial charge in [0.25, 0.3) is 0 Å². The zero-order valence-electron chi connectivity index (χ0n) is 6.05. The summed E-state index contributed by atoms with van der Waals surface area (Å²) in [6, 6.07) is 5.71. The molecule has 2 heteroatoms. The van der Waals surface area contributed by atoms with Crippen molar-refractivity contribution in [2.75, 3.05) is 7.11 Å². The van der Waals surface area contributed by atoms with Crippen molar-refractivity contribution in [3.05, 3.63) is 23.8 Å². The Labute approximate surface area is 66.4 Å². The van der Waals surface area contributed by atoms with Crippen molar-refractivity contribution in [2.45, 2.75) is 11.8 Å². The highest BCUT2D eigenvalue weighted by Crippen LogP contribution is 2.20. The number of hydrogen-bond donors (Lipinski definition) is 0. The van der Waals surface area contributed by atoms with Crippen LogP contribution in [0.2, 0.25) is 0 Å². The molecule has 0 N–H and O–H groups in total. The molecule has 1 nitrogen and oxygen atoms in total. The Balaban J connectivity index is 3.09. The smallest absolute Gasteiger partial charge is 0.123 e. The molecule has 0 saturated heterocycles. The van der Waals surface area contributed by atoms with E-state index < -0.39 is 0 Å². The number of hydrogen-bond acceptors (Lipinski definition) is 1. The summed E-state index contributed by atoms with van der Waals surface area (Å²) in [5, 5.41) is 0. The number of ether oxygens (including phenoxy) is 1. The van der Waals surface area contributed by atoms with E-state index in [2.05, 4.69) is 0 Å². The summed E-state index contributed by atoms with van der Waals surface area (Å²) in [6.07, 6.45) is 0. The highest BCUT2D eigenvalue weighted by Gasteiger charge is 1.96. The Bertz CT molecular complexity index is 233. The third-order valence-corrected chi connectivity index (χ3v) is 1.63. The third-order valence-electron chi connectivity index (χ3n) is 1.38. The molecule has 1 aromatic rings. The van der Waals surface area contributed by atoms with E-state index >= 15 is 0 Å². The Hall–Kier alpha value is -0.760. The molecule has 53 valence electrons. The maximum atomic E-state index is 5.06. The lowest BCUT2D eigenvalue weighted by atomic mass is 10.2. The second kappa shape index (κ2) is 2.88. The largest absolute Gasteiger partial charge is 0.496 e. The van der Waals surface area contributed by atoms with Gasteiger partial charge in [-0.3, -0.25) is 0 Å². The molecule has 0 heterocycles. The number of methoxy groups -OCH3 is 1. The van der Waals surface area contributed by atoms with E-state index in [1.807, 2.05) is 25.1 Å². The van der Waals surface area contributed by atoms with E-state index in [4.69, 9.17) is 17.4 Å². The van der Waals surface area contributed by atoms with Crippen LogP contribution in [0.15, 0.2) is 23.1 Å². The van der Waals surface area contributed by atoms with Crippen LogP contribution in [-0.2, 0) is 0 Å². The van der Waals surface area contributed by atoms with Crippen molar-refractivity contribution in [3.8, 4) is 5.75 Å². The topological polar surface area (TPSA) is 9.23 Å². The first kappa shape index (κ1) is 7.35. The van der Waals surface area contributed by atoms with Crippen LogP contribution in [0.3, 0.4) is 0 Å². The fraction of sp³-hybridized carbons (Fsp3) is 0.250. The van der Waals surface area contributed by atoms with Crippen molar-refractivity contribution in [3.63, 3.8) is 0 Å². The number of benzene rings is 1. The molecule has 0 unspecified atom stereocenters. The summed E-state index contributed by atoms with van der Waals surface area (Å²) >= 11 is 4.95. The fourth-order valence-electron chi connectivity index (χ4n) is 0.800. The van der Waals surface area contributed by atoms with Gasteiger partial charge in [-0.1, -0.05) is 18.7 Å². The Morgan fingerprint density at radius 1 is 1.40 bits per heavy atom. The van der Waals surface area contributed by atoms with Crippen molar-refractivity contribution in [1.29, 1.82) is 0 Å². The molecule has 0 aliphatic rings. The summed E-state index contributed by atoms with van der Waals surface area (Å²) in [5.41, 5.74) is 1.12. The summed E-state index contributed by atoms with van der Waals surface area (Å²) in [7, 11) is 1.65. The molecule has 1 radical (unpaired) electrons. The van der Waals surface area contributed by atoms with Crippen LogP contribution in [0.25, 0.3) is 0 Å². The van der Waals surface area contributed by atoms with Crippen LogP contribution in [-0.4, -0.2) is 7.11 Å². The predicted octanol–water partition coefficient (Wildman–Crippen LogP) is 2.56. The summed E-state index contributed by atoms with van der Waals surface area (Å²) in [5.74, 6) is 0.868. The average molecular weight is 153 g/mol. The zero-order valence-corrected chi connectivity index (χ0v) is 6.87. The average Bonchev–Trinajstić information content (AvgIpc) is 1.94. The summed E-state index contributed by atoms with van der Waals surface area (Å²) in [4.78, 5) is 0.822. The maximum Gasteiger partial charge on any atom is 0.123 e. The van der Waals surface area contributed by atoms with Crippen LogP contribution in [0.5, 0.6) is 5.75 Å². The second-order valence-corrected chi connectivity index (χ2v) is 2.60. The van der Waals surface area contributed by atoms with Gasteiger partial charge in [-0.15, -0.1) is 0 Å². The van der Waals surface area contributed by atoms with Crippen LogP contribution in [0.1, 0.15) is 5.56 Å². The normalized spacial score (nSPS) is 9.40. The number of aryl methyl sites for hydroxylation is 1. The standard InChI is InChI=1S/C8H9OS/c1-6-3-4-7(10)5-8(6)9-2/h3-5H,1-2H3. The molecule has 10 heavy (non-hydrogen) atoms. The van der Waals surface area contributed by atoms with Gasteiger partial charge in [0.15, 0.2) is 0 Å². The van der Waals surface area contributed by atoms with Gasteiger partial charge in [0.1, 0.15) is 5.75 Å². The molecule has 1 rings (SSSR count). The van der Waals surface area contributed by atoms with Gasteiger partial charge >= 0.3 is 0 Å². The highest BCUT2D eigenvalue weighted by atomic mass is 32.1. The van der Waals surface area contributed by atoms with Gasteiger partial charge in [-0.05, 0) is 24.6 Å². The van der Waals surface area contributed by atoms with Gasteiger partial charge in [0.2, 0.25) is 0 Å². The first-order valence-electron chi connectivity index (χ1n) is 3.05. The summed E-state index contributed by atoms with van der Waals surface area (Å²) < 4.78 is 5.06. The lowest BCUT2D eigenvalue weighted by Crippen LogP contribution is -1.85. The minimum Gasteiger partial charge on any atom is -0.496 e. The molecular formula is C8H9OS. The predicted molar refractivity (Wildman–Crippen MR) is 43.6 cm³/mol. The molecule has 0 aromatic heterocycles. The van der Waals surface area contributed by atoms with E-state index in [1.165, 1.54) is 0 Å². The Kier molecular flexibility index (Phi) is 2.12. The van der Waals surface area contributed by atoms with Gasteiger partial charge in [0.05, 0.1) is 7.11 Å². The molecular weight excluding hydrogens is 144 g/mol. The van der Waals surface area contributed by atoms with Crippen LogP contribution >= 0.6 is 12.6 Å². The maximum absolute atomic E-state index is 5.06. The molecule has 0 aliphatic heterocycles. The summed E-state index contributed by atoms with van der Waals surface area (Å²) in [6.45, 7) is 1.99. The SMILES string of the molecule is COc1cc([S])ccc1C.